The second kappa shape index (κ2) is 7.06. The number of halogens is 3. The van der Waals surface area contributed by atoms with Gasteiger partial charge in [-0.05, 0) is 19.8 Å². The number of nitrogens with zero attached hydrogens (tertiary/aromatic N) is 3. The van der Waals surface area contributed by atoms with Crippen LogP contribution in [0, 0.1) is 5.82 Å². The van der Waals surface area contributed by atoms with Crippen LogP contribution in [-0.4, -0.2) is 14.3 Å². The molecular formula is C20H19F3N4O2. The Morgan fingerprint density at radius 3 is 2.52 bits per heavy atom. The Morgan fingerprint density at radius 2 is 1.86 bits per heavy atom. The van der Waals surface area contributed by atoms with Gasteiger partial charge < -0.3 is 9.88 Å². The van der Waals surface area contributed by atoms with Crippen molar-refractivity contribution in [1.82, 2.24) is 14.3 Å². The van der Waals surface area contributed by atoms with Gasteiger partial charge in [-0.15, -0.1) is 0 Å². The Kier molecular flexibility index (Phi) is 4.68. The highest BCUT2D eigenvalue weighted by Gasteiger charge is 2.26. The maximum Gasteiger partial charge on any atom is 0.274 e. The van der Waals surface area contributed by atoms with Gasteiger partial charge in [-0.3, -0.25) is 9.59 Å². The molecule has 2 heterocycles. The van der Waals surface area contributed by atoms with E-state index in [-0.39, 0.29) is 28.4 Å². The Hall–Kier alpha value is -3.10. The van der Waals surface area contributed by atoms with Crippen LogP contribution in [0.25, 0.3) is 10.8 Å². The molecule has 2 aromatic heterocycles. The summed E-state index contributed by atoms with van der Waals surface area (Å²) < 4.78 is 43.2. The molecule has 0 saturated heterocycles. The lowest BCUT2D eigenvalue weighted by atomic mass is 10.0. The average molecular weight is 404 g/mol. The monoisotopic (exact) mass is 404 g/mol. The summed E-state index contributed by atoms with van der Waals surface area (Å²) in [6.07, 6.45) is 0.430. The second-order valence-corrected chi connectivity index (χ2v) is 7.27. The minimum Gasteiger partial charge on any atom is -0.361 e. The Bertz CT molecular complexity index is 1210. The molecule has 1 aromatic carbocycles. The number of aromatic nitrogens is 3. The van der Waals surface area contributed by atoms with Crippen molar-refractivity contribution < 1.29 is 13.2 Å². The van der Waals surface area contributed by atoms with Crippen LogP contribution in [0.15, 0.2) is 40.1 Å². The average Bonchev–Trinajstić information content (AvgIpc) is 3.50. The molecule has 1 aliphatic rings. The highest BCUT2D eigenvalue weighted by molar-refractivity contribution is 5.90. The van der Waals surface area contributed by atoms with E-state index in [0.717, 1.165) is 23.6 Å². The lowest BCUT2D eigenvalue weighted by Crippen LogP contribution is -2.26. The first kappa shape index (κ1) is 19.2. The predicted molar refractivity (Wildman–Crippen MR) is 103 cm³/mol. The number of pyridine rings is 1. The fourth-order valence-corrected chi connectivity index (χ4v) is 3.44. The van der Waals surface area contributed by atoms with Crippen molar-refractivity contribution in [3.63, 3.8) is 0 Å². The number of hydrogen-bond acceptors (Lipinski definition) is 4. The van der Waals surface area contributed by atoms with Gasteiger partial charge in [0, 0.05) is 36.3 Å². The first-order valence-electron chi connectivity index (χ1n) is 9.24. The zero-order valence-corrected chi connectivity index (χ0v) is 15.8. The second-order valence-electron chi connectivity index (χ2n) is 7.27. The molecule has 0 aliphatic heterocycles. The van der Waals surface area contributed by atoms with Crippen molar-refractivity contribution >= 4 is 16.6 Å². The quantitative estimate of drug-likeness (QED) is 0.704. The molecule has 1 aliphatic carbocycles. The first-order chi connectivity index (χ1) is 13.8. The normalized spacial score (nSPS) is 15.1. The molecule has 9 heteroatoms. The standard InChI is InChI=1S/C20H19F3N4O2/c1-10(12-4-3-5-13(17(12)21)18(22)23)24-19-15-9-27(11-6-7-11)16(28)8-14(15)20(29)26(2)25-19/h3-5,8-11,18H,6-7H2,1-2H3,(H,24,25)/t10-/m1/s1. The lowest BCUT2D eigenvalue weighted by molar-refractivity contribution is 0.146. The molecular weight excluding hydrogens is 385 g/mol. The molecule has 1 saturated carbocycles. The van der Waals surface area contributed by atoms with Crippen molar-refractivity contribution in [3.05, 3.63) is 68.1 Å². The zero-order chi connectivity index (χ0) is 20.9. The molecule has 152 valence electrons. The molecule has 29 heavy (non-hydrogen) atoms. The Labute approximate surface area is 163 Å². The fraction of sp³-hybridized carbons (Fsp3) is 0.350. The summed E-state index contributed by atoms with van der Waals surface area (Å²) in [7, 11) is 1.45. The lowest BCUT2D eigenvalue weighted by Gasteiger charge is -2.19. The van der Waals surface area contributed by atoms with Crippen molar-refractivity contribution in [3.8, 4) is 0 Å². The van der Waals surface area contributed by atoms with E-state index in [1.54, 1.807) is 17.7 Å². The van der Waals surface area contributed by atoms with E-state index in [0.29, 0.717) is 5.39 Å². The van der Waals surface area contributed by atoms with Gasteiger partial charge in [0.05, 0.1) is 17.0 Å². The summed E-state index contributed by atoms with van der Waals surface area (Å²) in [5.74, 6) is -0.711. The van der Waals surface area contributed by atoms with Gasteiger partial charge in [0.1, 0.15) is 5.82 Å². The van der Waals surface area contributed by atoms with Gasteiger partial charge >= 0.3 is 0 Å². The molecule has 6 nitrogen and oxygen atoms in total. The minimum atomic E-state index is -2.92. The zero-order valence-electron chi connectivity index (χ0n) is 15.8. The molecule has 0 unspecified atom stereocenters. The largest absolute Gasteiger partial charge is 0.361 e. The van der Waals surface area contributed by atoms with E-state index >= 15 is 0 Å². The van der Waals surface area contributed by atoms with Crippen LogP contribution in [0.5, 0.6) is 0 Å². The Balaban J connectivity index is 1.81. The van der Waals surface area contributed by atoms with Gasteiger partial charge in [0.25, 0.3) is 17.5 Å². The number of alkyl halides is 2. The number of benzene rings is 1. The summed E-state index contributed by atoms with van der Waals surface area (Å²) in [5, 5.41) is 7.85. The van der Waals surface area contributed by atoms with E-state index in [4.69, 9.17) is 0 Å². The fourth-order valence-electron chi connectivity index (χ4n) is 3.44. The third kappa shape index (κ3) is 3.41. The minimum absolute atomic E-state index is 0.0575. The molecule has 1 atom stereocenters. The molecule has 0 radical (unpaired) electrons. The third-order valence-corrected chi connectivity index (χ3v) is 5.16. The van der Waals surface area contributed by atoms with Crippen LogP contribution in [-0.2, 0) is 7.05 Å². The number of rotatable bonds is 5. The van der Waals surface area contributed by atoms with E-state index in [1.165, 1.54) is 25.2 Å². The molecule has 0 amide bonds. The van der Waals surface area contributed by atoms with Gasteiger partial charge in [0.2, 0.25) is 0 Å². The molecule has 1 N–H and O–H groups in total. The van der Waals surface area contributed by atoms with Crippen LogP contribution in [0.3, 0.4) is 0 Å². The Morgan fingerprint density at radius 1 is 1.17 bits per heavy atom. The molecule has 3 aromatic rings. The van der Waals surface area contributed by atoms with Crippen molar-refractivity contribution in [2.45, 2.75) is 38.3 Å². The number of anilines is 1. The highest BCUT2D eigenvalue weighted by Crippen LogP contribution is 2.35. The highest BCUT2D eigenvalue weighted by atomic mass is 19.3. The number of hydrogen-bond donors (Lipinski definition) is 1. The van der Waals surface area contributed by atoms with E-state index in [2.05, 4.69) is 10.4 Å². The molecule has 4 rings (SSSR count). The van der Waals surface area contributed by atoms with E-state index in [1.807, 2.05) is 0 Å². The summed E-state index contributed by atoms with van der Waals surface area (Å²) in [4.78, 5) is 24.8. The van der Waals surface area contributed by atoms with Crippen molar-refractivity contribution in [1.29, 1.82) is 0 Å². The van der Waals surface area contributed by atoms with Crippen molar-refractivity contribution in [2.75, 3.05) is 5.32 Å². The van der Waals surface area contributed by atoms with Crippen molar-refractivity contribution in [2.24, 2.45) is 7.05 Å². The maximum atomic E-state index is 14.5. The summed E-state index contributed by atoms with van der Waals surface area (Å²) in [6.45, 7) is 1.61. The maximum absolute atomic E-state index is 14.5. The smallest absolute Gasteiger partial charge is 0.274 e. The topological polar surface area (TPSA) is 68.9 Å². The first-order valence-corrected chi connectivity index (χ1v) is 9.24. The predicted octanol–water partition coefficient (Wildman–Crippen LogP) is 3.68. The van der Waals surface area contributed by atoms with Crippen LogP contribution < -0.4 is 16.4 Å². The summed E-state index contributed by atoms with van der Waals surface area (Å²) in [5.41, 5.74) is -1.30. The number of nitrogens with one attached hydrogen (secondary N) is 1. The molecule has 0 spiro atoms. The summed E-state index contributed by atoms with van der Waals surface area (Å²) in [6, 6.07) is 4.51. The van der Waals surface area contributed by atoms with Gasteiger partial charge in [-0.2, -0.15) is 5.10 Å². The third-order valence-electron chi connectivity index (χ3n) is 5.16. The van der Waals surface area contributed by atoms with Crippen LogP contribution in [0.2, 0.25) is 0 Å². The van der Waals surface area contributed by atoms with Gasteiger partial charge in [0.15, 0.2) is 5.82 Å². The van der Waals surface area contributed by atoms with E-state index in [9.17, 15) is 22.8 Å². The molecule has 0 bridgehead atoms. The molecule has 1 fully saturated rings. The van der Waals surface area contributed by atoms with E-state index < -0.39 is 29.4 Å². The van der Waals surface area contributed by atoms with Gasteiger partial charge in [-0.25, -0.2) is 17.9 Å². The summed E-state index contributed by atoms with van der Waals surface area (Å²) >= 11 is 0. The number of aryl methyl sites for hydroxylation is 1. The number of fused-ring (bicyclic) bond motifs is 1. The van der Waals surface area contributed by atoms with Crippen LogP contribution >= 0.6 is 0 Å². The SMILES string of the molecule is C[C@@H](Nc1nn(C)c(=O)c2cc(=O)n(C3CC3)cc12)c1cccc(C(F)F)c1F. The van der Waals surface area contributed by atoms with Crippen LogP contribution in [0.4, 0.5) is 19.0 Å². The van der Waals surface area contributed by atoms with Crippen LogP contribution in [0.1, 0.15) is 49.4 Å². The van der Waals surface area contributed by atoms with Gasteiger partial charge in [-0.1, -0.05) is 18.2 Å².